The molecule has 1 aliphatic heterocycles. The number of fused-ring (bicyclic) bond motifs is 1. The van der Waals surface area contributed by atoms with Gasteiger partial charge in [0.25, 0.3) is 0 Å². The van der Waals surface area contributed by atoms with Crippen molar-refractivity contribution >= 4 is 5.97 Å². The molecule has 0 unspecified atom stereocenters. The van der Waals surface area contributed by atoms with Gasteiger partial charge in [-0.1, -0.05) is 12.5 Å². The van der Waals surface area contributed by atoms with Crippen molar-refractivity contribution in [2.75, 3.05) is 19.8 Å². The van der Waals surface area contributed by atoms with Crippen molar-refractivity contribution in [1.82, 2.24) is 0 Å². The molecule has 24 heavy (non-hydrogen) atoms. The van der Waals surface area contributed by atoms with Crippen LogP contribution in [0.2, 0.25) is 0 Å². The van der Waals surface area contributed by atoms with E-state index in [1.165, 1.54) is 6.92 Å². The Morgan fingerprint density at radius 1 is 1.38 bits per heavy atom. The summed E-state index contributed by atoms with van der Waals surface area (Å²) in [7, 11) is 0. The molecule has 0 radical (unpaired) electrons. The fraction of sp³-hybridized carbons (Fsp3) is 0.722. The highest BCUT2D eigenvalue weighted by molar-refractivity contribution is 5.65. The summed E-state index contributed by atoms with van der Waals surface area (Å²) < 4.78 is 16.9. The minimum Gasteiger partial charge on any atom is -0.466 e. The smallest absolute Gasteiger partial charge is 0.302 e. The van der Waals surface area contributed by atoms with Crippen molar-refractivity contribution in [2.24, 2.45) is 17.3 Å². The van der Waals surface area contributed by atoms with Crippen LogP contribution >= 0.6 is 0 Å². The van der Waals surface area contributed by atoms with Gasteiger partial charge in [0.15, 0.2) is 11.2 Å². The lowest BCUT2D eigenvalue weighted by molar-refractivity contribution is -0.174. The first-order valence-electron chi connectivity index (χ1n) is 8.48. The molecular weight excluding hydrogens is 308 g/mol. The number of carbonyl (C=O) groups is 1. The third kappa shape index (κ3) is 2.92. The molecule has 1 heterocycles. The lowest BCUT2D eigenvalue weighted by Gasteiger charge is -2.40. The third-order valence-electron chi connectivity index (χ3n) is 5.45. The Kier molecular flexibility index (Phi) is 4.62. The molecule has 0 aromatic carbocycles. The Morgan fingerprint density at radius 2 is 2.08 bits per heavy atom. The number of nitriles is 2. The van der Waals surface area contributed by atoms with E-state index in [2.05, 4.69) is 12.1 Å². The first-order valence-corrected chi connectivity index (χ1v) is 8.48. The molecule has 2 aliphatic carbocycles. The van der Waals surface area contributed by atoms with Gasteiger partial charge in [-0.25, -0.2) is 0 Å². The minimum atomic E-state index is -1.09. The number of nitrogens with zero attached hydrogens (tertiary/aromatic N) is 2. The fourth-order valence-electron chi connectivity index (χ4n) is 4.25. The number of ether oxygens (including phenoxy) is 3. The molecule has 1 spiro atoms. The van der Waals surface area contributed by atoms with Gasteiger partial charge in [0, 0.05) is 19.8 Å². The van der Waals surface area contributed by atoms with E-state index in [1.54, 1.807) is 0 Å². The van der Waals surface area contributed by atoms with Crippen molar-refractivity contribution in [1.29, 1.82) is 10.5 Å². The summed E-state index contributed by atoms with van der Waals surface area (Å²) in [5.74, 6) is -0.925. The van der Waals surface area contributed by atoms with Crippen molar-refractivity contribution in [2.45, 2.75) is 44.8 Å². The Hall–Kier alpha value is -1.89. The average Bonchev–Trinajstić information content (AvgIpc) is 2.96. The predicted octanol–water partition coefficient (Wildman–Crippen LogP) is 2.46. The van der Waals surface area contributed by atoms with Gasteiger partial charge in [0.2, 0.25) is 0 Å². The van der Waals surface area contributed by atoms with E-state index >= 15 is 0 Å². The van der Waals surface area contributed by atoms with E-state index in [-0.39, 0.29) is 17.8 Å². The lowest BCUT2D eigenvalue weighted by Crippen LogP contribution is -2.41. The highest BCUT2D eigenvalue weighted by Gasteiger charge is 2.51. The maximum Gasteiger partial charge on any atom is 0.302 e. The molecule has 3 aliphatic rings. The van der Waals surface area contributed by atoms with Gasteiger partial charge in [-0.3, -0.25) is 4.79 Å². The number of hydrogen-bond donors (Lipinski definition) is 0. The second-order valence-corrected chi connectivity index (χ2v) is 6.87. The van der Waals surface area contributed by atoms with Gasteiger partial charge < -0.3 is 14.2 Å². The van der Waals surface area contributed by atoms with Crippen LogP contribution in [-0.2, 0) is 19.0 Å². The summed E-state index contributed by atoms with van der Waals surface area (Å²) in [5.41, 5.74) is -0.220. The van der Waals surface area contributed by atoms with E-state index in [9.17, 15) is 15.3 Å². The van der Waals surface area contributed by atoms with Gasteiger partial charge in [-0.05, 0) is 30.3 Å². The molecule has 2 atom stereocenters. The summed E-state index contributed by atoms with van der Waals surface area (Å²) in [6.07, 6.45) is 5.23. The van der Waals surface area contributed by atoms with Gasteiger partial charge in [-0.15, -0.1) is 0 Å². The van der Waals surface area contributed by atoms with Crippen LogP contribution in [0, 0.1) is 39.9 Å². The van der Waals surface area contributed by atoms with Crippen LogP contribution in [0.4, 0.5) is 0 Å². The van der Waals surface area contributed by atoms with E-state index in [0.29, 0.717) is 39.1 Å². The quantitative estimate of drug-likeness (QED) is 0.570. The van der Waals surface area contributed by atoms with Crippen LogP contribution in [0.15, 0.2) is 11.6 Å². The summed E-state index contributed by atoms with van der Waals surface area (Å²) in [6, 6.07) is 4.50. The van der Waals surface area contributed by atoms with E-state index in [1.807, 2.05) is 6.08 Å². The second kappa shape index (κ2) is 6.55. The van der Waals surface area contributed by atoms with Crippen molar-refractivity contribution in [3.8, 4) is 12.1 Å². The average molecular weight is 330 g/mol. The SMILES string of the molecule is CC(=O)OC[C@@H]1CCCC(C#N)(C#N)C2=CCC3(C[C@H]21)OCCO3. The molecule has 128 valence electrons. The number of allylic oxidation sites excluding steroid dienone is 1. The molecular formula is C18H22N2O4. The summed E-state index contributed by atoms with van der Waals surface area (Å²) in [6.45, 7) is 2.83. The Labute approximate surface area is 142 Å². The summed E-state index contributed by atoms with van der Waals surface area (Å²) in [5, 5.41) is 19.4. The Bertz CT molecular complexity index is 608. The van der Waals surface area contributed by atoms with E-state index in [4.69, 9.17) is 14.2 Å². The van der Waals surface area contributed by atoms with Crippen LogP contribution in [0.25, 0.3) is 0 Å². The van der Waals surface area contributed by atoms with E-state index < -0.39 is 11.2 Å². The minimum absolute atomic E-state index is 0.0435. The van der Waals surface area contributed by atoms with E-state index in [0.717, 1.165) is 18.4 Å². The zero-order chi connectivity index (χ0) is 17.2. The van der Waals surface area contributed by atoms with Crippen molar-refractivity contribution < 1.29 is 19.0 Å². The molecule has 6 heteroatoms. The number of carbonyl (C=O) groups excluding carboxylic acids is 1. The van der Waals surface area contributed by atoms with Crippen LogP contribution in [0.1, 0.15) is 39.0 Å². The molecule has 3 rings (SSSR count). The van der Waals surface area contributed by atoms with Crippen molar-refractivity contribution in [3.63, 3.8) is 0 Å². The van der Waals surface area contributed by atoms with Crippen LogP contribution in [-0.4, -0.2) is 31.6 Å². The van der Waals surface area contributed by atoms with Crippen molar-refractivity contribution in [3.05, 3.63) is 11.6 Å². The molecule has 2 fully saturated rings. The molecule has 0 aromatic heterocycles. The van der Waals surface area contributed by atoms with Crippen LogP contribution in [0.5, 0.6) is 0 Å². The number of rotatable bonds is 2. The van der Waals surface area contributed by atoms with Gasteiger partial charge in [0.05, 0.1) is 32.0 Å². The monoisotopic (exact) mass is 330 g/mol. The van der Waals surface area contributed by atoms with Crippen LogP contribution < -0.4 is 0 Å². The third-order valence-corrected chi connectivity index (χ3v) is 5.45. The van der Waals surface area contributed by atoms with Gasteiger partial charge >= 0.3 is 5.97 Å². The predicted molar refractivity (Wildman–Crippen MR) is 83.1 cm³/mol. The first kappa shape index (κ1) is 17.0. The van der Waals surface area contributed by atoms with Gasteiger partial charge in [0.1, 0.15) is 0 Å². The molecule has 6 nitrogen and oxygen atoms in total. The highest BCUT2D eigenvalue weighted by Crippen LogP contribution is 2.51. The molecule has 0 N–H and O–H groups in total. The number of esters is 1. The maximum atomic E-state index is 11.2. The zero-order valence-electron chi connectivity index (χ0n) is 13.9. The molecule has 0 bridgehead atoms. The first-order chi connectivity index (χ1) is 11.5. The van der Waals surface area contributed by atoms with Crippen LogP contribution in [0.3, 0.4) is 0 Å². The Morgan fingerprint density at radius 3 is 2.71 bits per heavy atom. The standard InChI is InChI=1S/C18H22N2O4/c1-13(21)22-10-14-3-2-5-17(11-19,12-20)16-4-6-18(9-15(14)16)23-7-8-24-18/h4,14-15H,2-3,5-10H2,1H3/t14-,15-/m0/s1. The molecule has 0 amide bonds. The highest BCUT2D eigenvalue weighted by atomic mass is 16.7. The summed E-state index contributed by atoms with van der Waals surface area (Å²) >= 11 is 0. The number of hydrogen-bond acceptors (Lipinski definition) is 6. The normalized spacial score (nSPS) is 30.4. The summed E-state index contributed by atoms with van der Waals surface area (Å²) in [4.78, 5) is 11.2. The largest absolute Gasteiger partial charge is 0.466 e. The topological polar surface area (TPSA) is 92.3 Å². The van der Waals surface area contributed by atoms with Gasteiger partial charge in [-0.2, -0.15) is 10.5 Å². The zero-order valence-corrected chi connectivity index (χ0v) is 13.9. The molecule has 0 aromatic rings. The second-order valence-electron chi connectivity index (χ2n) is 6.87. The molecule has 1 saturated heterocycles. The molecule has 1 saturated carbocycles. The Balaban J connectivity index is 1.95. The lowest BCUT2D eigenvalue weighted by atomic mass is 9.67. The maximum absolute atomic E-state index is 11.2. The fourth-order valence-corrected chi connectivity index (χ4v) is 4.25.